The second kappa shape index (κ2) is 7.55. The number of nitrogens with zero attached hydrogens (tertiary/aromatic N) is 1. The van der Waals surface area contributed by atoms with Gasteiger partial charge in [0.05, 0.1) is 24.4 Å². The van der Waals surface area contributed by atoms with E-state index in [4.69, 9.17) is 9.47 Å². The Morgan fingerprint density at radius 1 is 1.30 bits per heavy atom. The number of hydrogen-bond donors (Lipinski definition) is 0. The quantitative estimate of drug-likeness (QED) is 0.565. The van der Waals surface area contributed by atoms with Crippen molar-refractivity contribution in [2.24, 2.45) is 16.8 Å². The van der Waals surface area contributed by atoms with Crippen LogP contribution in [0, 0.1) is 11.8 Å². The third kappa shape index (κ3) is 3.22. The average Bonchev–Trinajstić information content (AvgIpc) is 3.01. The first-order valence-corrected chi connectivity index (χ1v) is 10.4. The second-order valence-electron chi connectivity index (χ2n) is 7.20. The van der Waals surface area contributed by atoms with E-state index in [0.717, 1.165) is 25.0 Å². The van der Waals surface area contributed by atoms with Crippen LogP contribution in [-0.4, -0.2) is 35.4 Å². The highest BCUT2D eigenvalue weighted by atomic mass is 32.2. The van der Waals surface area contributed by atoms with E-state index in [0.29, 0.717) is 6.61 Å². The Bertz CT molecular complexity index is 798. The average molecular weight is 384 g/mol. The molecule has 0 aromatic heterocycles. The van der Waals surface area contributed by atoms with Crippen LogP contribution in [0.5, 0.6) is 5.75 Å². The summed E-state index contributed by atoms with van der Waals surface area (Å²) in [5.74, 6) is 0.764. The zero-order valence-corrected chi connectivity index (χ0v) is 16.6. The number of methoxy groups -OCH3 is 1. The molecule has 142 valence electrons. The summed E-state index contributed by atoms with van der Waals surface area (Å²) >= 11 is 1.93. The minimum absolute atomic E-state index is 0.0779. The number of hydrogen-bond acceptors (Lipinski definition) is 5. The normalized spacial score (nSPS) is 31.0. The summed E-state index contributed by atoms with van der Waals surface area (Å²) in [7, 11) is 1.67. The van der Waals surface area contributed by atoms with Crippen molar-refractivity contribution in [3.05, 3.63) is 54.3 Å². The van der Waals surface area contributed by atoms with Crippen LogP contribution < -0.4 is 4.74 Å². The third-order valence-electron chi connectivity index (χ3n) is 5.75. The summed E-state index contributed by atoms with van der Waals surface area (Å²) in [5, 5.41) is 0.168. The summed E-state index contributed by atoms with van der Waals surface area (Å²) in [4.78, 5) is 17.6. The fourth-order valence-electron chi connectivity index (χ4n) is 4.49. The molecule has 4 unspecified atom stereocenters. The molecule has 2 aliphatic heterocycles. The van der Waals surface area contributed by atoms with Crippen molar-refractivity contribution in [3.63, 3.8) is 0 Å². The molecule has 5 heteroatoms. The Morgan fingerprint density at radius 3 is 2.85 bits per heavy atom. The number of carbonyl (C=O) groups excluding carboxylic acids is 1. The van der Waals surface area contributed by atoms with Gasteiger partial charge < -0.3 is 9.47 Å². The first kappa shape index (κ1) is 18.4. The van der Waals surface area contributed by atoms with Gasteiger partial charge >= 0.3 is 5.97 Å². The monoisotopic (exact) mass is 383 g/mol. The second-order valence-corrected chi connectivity index (χ2v) is 8.77. The van der Waals surface area contributed by atoms with Crippen molar-refractivity contribution in [3.8, 4) is 5.75 Å². The van der Waals surface area contributed by atoms with Crippen molar-refractivity contribution in [1.82, 2.24) is 0 Å². The fourth-order valence-corrected chi connectivity index (χ4v) is 6.58. The number of aliphatic imine (C=N–C) groups is 1. The summed E-state index contributed by atoms with van der Waals surface area (Å²) in [6, 6.07) is 8.14. The van der Waals surface area contributed by atoms with Gasteiger partial charge in [0.15, 0.2) is 0 Å². The predicted octanol–water partition coefficient (Wildman–Crippen LogP) is 4.21. The largest absolute Gasteiger partial charge is 0.497 e. The van der Waals surface area contributed by atoms with Gasteiger partial charge in [-0.25, -0.2) is 0 Å². The smallest absolute Gasteiger partial charge is 0.310 e. The van der Waals surface area contributed by atoms with E-state index in [1.807, 2.05) is 37.0 Å². The molecule has 0 saturated carbocycles. The van der Waals surface area contributed by atoms with Gasteiger partial charge in [-0.2, -0.15) is 0 Å². The van der Waals surface area contributed by atoms with Gasteiger partial charge in [-0.15, -0.1) is 11.8 Å². The van der Waals surface area contributed by atoms with Crippen LogP contribution >= 0.6 is 11.8 Å². The van der Waals surface area contributed by atoms with Crippen LogP contribution in [0.1, 0.15) is 25.3 Å². The summed E-state index contributed by atoms with van der Waals surface area (Å²) in [6.45, 7) is 2.29. The molecule has 4 atom stereocenters. The highest BCUT2D eigenvalue weighted by molar-refractivity contribution is 8.02. The van der Waals surface area contributed by atoms with E-state index in [9.17, 15) is 4.79 Å². The Labute approximate surface area is 164 Å². The maximum atomic E-state index is 12.9. The predicted molar refractivity (Wildman–Crippen MR) is 109 cm³/mol. The highest BCUT2D eigenvalue weighted by Gasteiger charge is 2.58. The van der Waals surface area contributed by atoms with E-state index in [1.54, 1.807) is 7.11 Å². The van der Waals surface area contributed by atoms with Gasteiger partial charge in [-0.3, -0.25) is 9.79 Å². The van der Waals surface area contributed by atoms with Gasteiger partial charge in [0.25, 0.3) is 0 Å². The minimum atomic E-state index is -0.148. The van der Waals surface area contributed by atoms with E-state index in [1.165, 1.54) is 11.3 Å². The van der Waals surface area contributed by atoms with Crippen molar-refractivity contribution < 1.29 is 14.3 Å². The van der Waals surface area contributed by atoms with Crippen LogP contribution in [0.25, 0.3) is 0 Å². The molecule has 4 nitrogen and oxygen atoms in total. The number of rotatable bonds is 5. The van der Waals surface area contributed by atoms with E-state index >= 15 is 0 Å². The number of benzene rings is 1. The van der Waals surface area contributed by atoms with E-state index in [2.05, 4.69) is 35.4 Å². The van der Waals surface area contributed by atoms with Crippen LogP contribution in [0.2, 0.25) is 0 Å². The lowest BCUT2D eigenvalue weighted by molar-refractivity contribution is -0.149. The molecule has 4 rings (SSSR count). The molecule has 2 heterocycles. The van der Waals surface area contributed by atoms with Crippen LogP contribution in [0.4, 0.5) is 0 Å². The Balaban J connectivity index is 1.66. The van der Waals surface area contributed by atoms with Crippen molar-refractivity contribution >= 4 is 23.4 Å². The minimum Gasteiger partial charge on any atom is -0.497 e. The van der Waals surface area contributed by atoms with E-state index in [-0.39, 0.29) is 27.8 Å². The zero-order chi connectivity index (χ0) is 18.9. The lowest BCUT2D eigenvalue weighted by Crippen LogP contribution is -2.44. The molecule has 0 radical (unpaired) electrons. The molecule has 0 N–H and O–H groups in total. The topological polar surface area (TPSA) is 47.9 Å². The van der Waals surface area contributed by atoms with Crippen molar-refractivity contribution in [2.75, 3.05) is 13.7 Å². The molecular weight excluding hydrogens is 358 g/mol. The molecule has 1 fully saturated rings. The van der Waals surface area contributed by atoms with Gasteiger partial charge in [0, 0.05) is 29.5 Å². The Hall–Kier alpha value is -2.01. The lowest BCUT2D eigenvalue weighted by atomic mass is 9.72. The first-order valence-electron chi connectivity index (χ1n) is 9.54. The Morgan fingerprint density at radius 2 is 2.11 bits per heavy atom. The van der Waals surface area contributed by atoms with Crippen molar-refractivity contribution in [1.29, 1.82) is 0 Å². The van der Waals surface area contributed by atoms with Crippen LogP contribution in [-0.2, 0) is 16.0 Å². The standard InChI is InChI=1S/C22H25NO3S/c1-3-26-21(24)20-17-11-13-23-19-6-4-5-12-22(17,19)27-18(20)14-15-7-9-16(25-2)10-8-15/h4-5,7-11,13,17-18,20H,3,6,12,14H2,1-2H3. The number of carbonyl (C=O) groups is 1. The SMILES string of the molecule is CCOC(=O)C1C(Cc2ccc(OC)cc2)SC23CC=CCC2=NC=CC13. The summed E-state index contributed by atoms with van der Waals surface area (Å²) in [5.41, 5.74) is 2.42. The molecule has 0 bridgehead atoms. The van der Waals surface area contributed by atoms with Crippen molar-refractivity contribution in [2.45, 2.75) is 36.2 Å². The maximum Gasteiger partial charge on any atom is 0.310 e. The number of esters is 1. The highest BCUT2D eigenvalue weighted by Crippen LogP contribution is 2.58. The number of allylic oxidation sites excluding steroid dienone is 3. The maximum absolute atomic E-state index is 12.9. The van der Waals surface area contributed by atoms with E-state index < -0.39 is 0 Å². The fraction of sp³-hybridized carbons (Fsp3) is 0.455. The molecule has 27 heavy (non-hydrogen) atoms. The number of ether oxygens (including phenoxy) is 2. The zero-order valence-electron chi connectivity index (χ0n) is 15.8. The first-order chi connectivity index (χ1) is 13.2. The molecule has 0 amide bonds. The van der Waals surface area contributed by atoms with Crippen LogP contribution in [0.3, 0.4) is 0 Å². The number of thioether (sulfide) groups is 1. The molecule has 1 saturated heterocycles. The summed E-state index contributed by atoms with van der Waals surface area (Å²) < 4.78 is 10.7. The molecule has 1 spiro atoms. The van der Waals surface area contributed by atoms with Gasteiger partial charge in [-0.1, -0.05) is 30.4 Å². The molecular formula is C22H25NO3S. The molecule has 1 aliphatic carbocycles. The molecule has 3 aliphatic rings. The summed E-state index contributed by atoms with van der Waals surface area (Å²) in [6.07, 6.45) is 11.1. The third-order valence-corrected chi connectivity index (χ3v) is 7.61. The van der Waals surface area contributed by atoms with Gasteiger partial charge in [0.2, 0.25) is 0 Å². The van der Waals surface area contributed by atoms with Gasteiger partial charge in [-0.05, 0) is 37.5 Å². The van der Waals surface area contributed by atoms with Gasteiger partial charge in [0.1, 0.15) is 5.75 Å². The van der Waals surface area contributed by atoms with Crippen LogP contribution in [0.15, 0.2) is 53.7 Å². The molecule has 1 aromatic rings. The lowest BCUT2D eigenvalue weighted by Gasteiger charge is -2.38. The Kier molecular flexibility index (Phi) is 5.13. The molecule has 1 aromatic carbocycles.